The number of rotatable bonds is 5. The van der Waals surface area contributed by atoms with Gasteiger partial charge in [0.2, 0.25) is 0 Å². The molecule has 1 N–H and O–H groups in total. The zero-order chi connectivity index (χ0) is 23.8. The third-order valence-electron chi connectivity index (χ3n) is 6.24. The molecule has 1 aliphatic rings. The number of hydrogen-bond acceptors (Lipinski definition) is 6. The number of H-pyrrole nitrogens is 1. The lowest BCUT2D eigenvalue weighted by Gasteiger charge is -2.37. The number of benzene rings is 2. The number of aromatic nitrogens is 1. The van der Waals surface area contributed by atoms with E-state index < -0.39 is 6.04 Å². The van der Waals surface area contributed by atoms with Crippen LogP contribution in [0.1, 0.15) is 33.3 Å². The van der Waals surface area contributed by atoms with Crippen LogP contribution in [0, 0.1) is 0 Å². The largest absolute Gasteiger partial charge is 0.497 e. The first-order valence-electron chi connectivity index (χ1n) is 10.8. The summed E-state index contributed by atoms with van der Waals surface area (Å²) in [7, 11) is 4.72. The summed E-state index contributed by atoms with van der Waals surface area (Å²) in [6.45, 7) is 0.409. The predicted molar refractivity (Wildman–Crippen MR) is 126 cm³/mol. The van der Waals surface area contributed by atoms with Crippen molar-refractivity contribution in [3.63, 3.8) is 0 Å². The van der Waals surface area contributed by atoms with E-state index in [1.807, 2.05) is 30.3 Å². The third kappa shape index (κ3) is 3.57. The van der Waals surface area contributed by atoms with Crippen molar-refractivity contribution in [2.45, 2.75) is 12.5 Å². The summed E-state index contributed by atoms with van der Waals surface area (Å²) < 4.78 is 21.7. The minimum Gasteiger partial charge on any atom is -0.497 e. The van der Waals surface area contributed by atoms with Gasteiger partial charge in [-0.1, -0.05) is 0 Å². The molecule has 0 unspecified atom stereocenters. The Morgan fingerprint density at radius 2 is 1.79 bits per heavy atom. The highest BCUT2D eigenvalue weighted by Gasteiger charge is 2.36. The molecule has 8 heteroatoms. The van der Waals surface area contributed by atoms with Crippen LogP contribution >= 0.6 is 0 Å². The number of ether oxygens (including phenoxy) is 3. The molecule has 3 heterocycles. The van der Waals surface area contributed by atoms with Gasteiger partial charge in [0.1, 0.15) is 5.75 Å². The summed E-state index contributed by atoms with van der Waals surface area (Å²) in [4.78, 5) is 31.4. The molecule has 1 amide bonds. The van der Waals surface area contributed by atoms with Gasteiger partial charge in [0.05, 0.1) is 39.2 Å². The van der Waals surface area contributed by atoms with Gasteiger partial charge in [0, 0.05) is 18.2 Å². The maximum atomic E-state index is 13.4. The Morgan fingerprint density at radius 3 is 2.50 bits per heavy atom. The number of pyridine rings is 1. The fourth-order valence-corrected chi connectivity index (χ4v) is 4.57. The summed E-state index contributed by atoms with van der Waals surface area (Å²) in [5, 5.41) is 0.827. The van der Waals surface area contributed by atoms with Gasteiger partial charge in [-0.3, -0.25) is 9.59 Å². The van der Waals surface area contributed by atoms with Crippen LogP contribution in [0.4, 0.5) is 0 Å². The molecule has 1 aliphatic heterocycles. The van der Waals surface area contributed by atoms with Crippen molar-refractivity contribution in [1.29, 1.82) is 0 Å². The highest BCUT2D eigenvalue weighted by Crippen LogP contribution is 2.41. The van der Waals surface area contributed by atoms with Gasteiger partial charge in [0.25, 0.3) is 11.5 Å². The molecule has 0 radical (unpaired) electrons. The van der Waals surface area contributed by atoms with Gasteiger partial charge >= 0.3 is 0 Å². The van der Waals surface area contributed by atoms with E-state index in [4.69, 9.17) is 18.6 Å². The molecule has 0 bridgehead atoms. The molecule has 1 atom stereocenters. The van der Waals surface area contributed by atoms with Crippen molar-refractivity contribution in [3.05, 3.63) is 87.6 Å². The third-order valence-corrected chi connectivity index (χ3v) is 6.24. The highest BCUT2D eigenvalue weighted by molar-refractivity contribution is 5.92. The molecule has 0 fully saturated rings. The lowest BCUT2D eigenvalue weighted by atomic mass is 9.87. The Kier molecular flexibility index (Phi) is 5.49. The van der Waals surface area contributed by atoms with Gasteiger partial charge in [-0.2, -0.15) is 0 Å². The lowest BCUT2D eigenvalue weighted by molar-refractivity contribution is 0.0660. The van der Waals surface area contributed by atoms with Crippen LogP contribution in [0.15, 0.2) is 64.0 Å². The fourth-order valence-electron chi connectivity index (χ4n) is 4.57. The number of carbonyl (C=O) groups is 1. The van der Waals surface area contributed by atoms with E-state index in [1.54, 1.807) is 44.4 Å². The van der Waals surface area contributed by atoms with Crippen LogP contribution < -0.4 is 19.8 Å². The second-order valence-electron chi connectivity index (χ2n) is 8.04. The lowest BCUT2D eigenvalue weighted by Crippen LogP contribution is -2.42. The summed E-state index contributed by atoms with van der Waals surface area (Å²) in [6, 6.07) is 13.7. The molecule has 8 nitrogen and oxygen atoms in total. The fraction of sp³-hybridized carbons (Fsp3) is 0.231. The molecule has 0 saturated carbocycles. The van der Waals surface area contributed by atoms with Crippen molar-refractivity contribution in [2.24, 2.45) is 0 Å². The van der Waals surface area contributed by atoms with E-state index in [9.17, 15) is 9.59 Å². The van der Waals surface area contributed by atoms with E-state index in [-0.39, 0.29) is 17.2 Å². The van der Waals surface area contributed by atoms with Crippen LogP contribution in [0.3, 0.4) is 0 Å². The number of nitrogens with one attached hydrogen (secondary N) is 1. The van der Waals surface area contributed by atoms with Crippen LogP contribution in [-0.2, 0) is 6.42 Å². The average molecular weight is 460 g/mol. The Hall–Kier alpha value is -4.20. The second-order valence-corrected chi connectivity index (χ2v) is 8.04. The Balaban J connectivity index is 1.72. The average Bonchev–Trinajstić information content (AvgIpc) is 3.41. The number of fused-ring (bicyclic) bond motifs is 2. The zero-order valence-electron chi connectivity index (χ0n) is 19.1. The molecular weight excluding hydrogens is 436 g/mol. The topological polar surface area (TPSA) is 94.0 Å². The number of aromatic amines is 1. The van der Waals surface area contributed by atoms with Crippen molar-refractivity contribution >= 4 is 16.8 Å². The van der Waals surface area contributed by atoms with Crippen molar-refractivity contribution < 1.29 is 23.4 Å². The minimum atomic E-state index is -0.642. The number of carbonyl (C=O) groups excluding carboxylic acids is 1. The maximum absolute atomic E-state index is 13.4. The molecule has 4 aromatic rings. The van der Waals surface area contributed by atoms with E-state index in [0.717, 1.165) is 16.5 Å². The summed E-state index contributed by atoms with van der Waals surface area (Å²) in [5.74, 6) is 1.71. The molecule has 5 rings (SSSR count). The molecule has 174 valence electrons. The molecule has 0 aliphatic carbocycles. The van der Waals surface area contributed by atoms with E-state index >= 15 is 0 Å². The Bertz CT molecular complexity index is 1420. The molecule has 0 spiro atoms. The number of hydrogen-bond donors (Lipinski definition) is 1. The predicted octanol–water partition coefficient (Wildman–Crippen LogP) is 3.93. The zero-order valence-corrected chi connectivity index (χ0v) is 19.1. The first-order chi connectivity index (χ1) is 16.5. The van der Waals surface area contributed by atoms with Crippen molar-refractivity contribution in [2.75, 3.05) is 27.9 Å². The molecule has 0 saturated heterocycles. The molecular formula is C26H24N2O6. The van der Waals surface area contributed by atoms with Gasteiger partial charge in [-0.05, 0) is 65.4 Å². The van der Waals surface area contributed by atoms with Crippen LogP contribution in [0.2, 0.25) is 0 Å². The molecule has 34 heavy (non-hydrogen) atoms. The van der Waals surface area contributed by atoms with Gasteiger partial charge < -0.3 is 28.5 Å². The first-order valence-corrected chi connectivity index (χ1v) is 10.8. The summed E-state index contributed by atoms with van der Waals surface area (Å²) in [6.07, 6.45) is 2.06. The van der Waals surface area contributed by atoms with Crippen molar-refractivity contribution in [3.8, 4) is 17.2 Å². The first kappa shape index (κ1) is 21.6. The van der Waals surface area contributed by atoms with Gasteiger partial charge in [-0.15, -0.1) is 0 Å². The second kappa shape index (κ2) is 8.62. The van der Waals surface area contributed by atoms with E-state index in [0.29, 0.717) is 41.3 Å². The quantitative estimate of drug-likeness (QED) is 0.485. The van der Waals surface area contributed by atoms with E-state index in [1.165, 1.54) is 6.26 Å². The van der Waals surface area contributed by atoms with Gasteiger partial charge in [0.15, 0.2) is 17.3 Å². The standard InChI is InChI=1S/C26H24N2O6/c1-31-17-7-6-16-11-19(25(29)27-20(16)13-17)24-18-14-23(33-3)22(32-2)12-15(18)8-9-28(24)26(30)21-5-4-10-34-21/h4-7,10-14,24H,8-9H2,1-3H3,(H,27,29)/t24-/m0/s1. The van der Waals surface area contributed by atoms with Crippen molar-refractivity contribution in [1.82, 2.24) is 9.88 Å². The summed E-state index contributed by atoms with van der Waals surface area (Å²) in [5.41, 5.74) is 2.61. The molecule has 2 aromatic heterocycles. The number of methoxy groups -OCH3 is 3. The Morgan fingerprint density at radius 1 is 1.00 bits per heavy atom. The smallest absolute Gasteiger partial charge is 0.290 e. The SMILES string of the molecule is COc1ccc2cc([C@@H]3c4cc(OC)c(OC)cc4CCN3C(=O)c3ccco3)c(=O)[nH]c2c1. The number of amides is 1. The van der Waals surface area contributed by atoms with Crippen LogP contribution in [-0.4, -0.2) is 43.7 Å². The van der Waals surface area contributed by atoms with Crippen LogP contribution in [0.5, 0.6) is 17.2 Å². The van der Waals surface area contributed by atoms with Gasteiger partial charge in [-0.25, -0.2) is 0 Å². The summed E-state index contributed by atoms with van der Waals surface area (Å²) >= 11 is 0. The van der Waals surface area contributed by atoms with Crippen LogP contribution in [0.25, 0.3) is 10.9 Å². The Labute approximate surface area is 195 Å². The minimum absolute atomic E-state index is 0.218. The normalized spacial score (nSPS) is 15.1. The van der Waals surface area contributed by atoms with E-state index in [2.05, 4.69) is 4.98 Å². The number of nitrogens with zero attached hydrogens (tertiary/aromatic N) is 1. The maximum Gasteiger partial charge on any atom is 0.290 e. The highest BCUT2D eigenvalue weighted by atomic mass is 16.5. The monoisotopic (exact) mass is 460 g/mol. The number of furan rings is 1. The molecule has 2 aromatic carbocycles.